The van der Waals surface area contributed by atoms with Gasteiger partial charge in [-0.05, 0) is 62.9 Å². The van der Waals surface area contributed by atoms with Crippen molar-refractivity contribution in [3.8, 4) is 5.75 Å². The molecular weight excluding hydrogens is 300 g/mol. The van der Waals surface area contributed by atoms with Crippen molar-refractivity contribution in [2.75, 3.05) is 11.1 Å². The highest BCUT2D eigenvalue weighted by atomic mass is 16.5. The maximum atomic E-state index is 12.2. The quantitative estimate of drug-likeness (QED) is 0.780. The second-order valence-electron chi connectivity index (χ2n) is 6.35. The van der Waals surface area contributed by atoms with E-state index in [1.54, 1.807) is 0 Å². The molecule has 4 heteroatoms. The molecule has 0 heterocycles. The fourth-order valence-electron chi connectivity index (χ4n) is 2.59. The van der Waals surface area contributed by atoms with Crippen LogP contribution in [0, 0.1) is 13.8 Å². The number of hydrogen-bond acceptors (Lipinski definition) is 3. The molecule has 0 saturated heterocycles. The highest BCUT2D eigenvalue weighted by Gasteiger charge is 2.09. The van der Waals surface area contributed by atoms with E-state index in [1.807, 2.05) is 64.1 Å². The molecule has 0 aromatic heterocycles. The Labute approximate surface area is 144 Å². The Bertz CT molecular complexity index is 703. The van der Waals surface area contributed by atoms with Crippen molar-refractivity contribution in [1.29, 1.82) is 0 Å². The number of aryl methyl sites for hydroxylation is 3. The number of hydrogen-bond donors (Lipinski definition) is 2. The van der Waals surface area contributed by atoms with Crippen LogP contribution in [0.4, 0.5) is 11.4 Å². The summed E-state index contributed by atoms with van der Waals surface area (Å²) in [5.41, 5.74) is 10.7. The van der Waals surface area contributed by atoms with Gasteiger partial charge in [0.25, 0.3) is 0 Å². The molecule has 0 aliphatic rings. The summed E-state index contributed by atoms with van der Waals surface area (Å²) in [4.78, 5) is 12.2. The molecule has 0 atom stereocenters. The van der Waals surface area contributed by atoms with Crippen molar-refractivity contribution in [3.63, 3.8) is 0 Å². The molecule has 0 radical (unpaired) electrons. The maximum Gasteiger partial charge on any atom is 0.224 e. The van der Waals surface area contributed by atoms with Crippen molar-refractivity contribution in [2.45, 2.75) is 46.6 Å². The van der Waals surface area contributed by atoms with E-state index in [4.69, 9.17) is 10.5 Å². The van der Waals surface area contributed by atoms with Gasteiger partial charge in [0.05, 0.1) is 11.8 Å². The molecule has 0 unspecified atom stereocenters. The lowest BCUT2D eigenvalue weighted by Crippen LogP contribution is -2.14. The largest absolute Gasteiger partial charge is 0.489 e. The molecule has 4 nitrogen and oxygen atoms in total. The zero-order valence-electron chi connectivity index (χ0n) is 14.8. The lowest BCUT2D eigenvalue weighted by molar-refractivity contribution is -0.116. The van der Waals surface area contributed by atoms with E-state index in [0.717, 1.165) is 22.4 Å². The molecule has 2 aromatic carbocycles. The SMILES string of the molecule is Cc1cccc(C)c1NC(=O)CCc1ccc(OC(C)C)c(N)c1. The smallest absolute Gasteiger partial charge is 0.224 e. The normalized spacial score (nSPS) is 10.7. The predicted molar refractivity (Wildman–Crippen MR) is 99.5 cm³/mol. The Morgan fingerprint density at radius 1 is 1.17 bits per heavy atom. The van der Waals surface area contributed by atoms with E-state index in [-0.39, 0.29) is 12.0 Å². The maximum absolute atomic E-state index is 12.2. The van der Waals surface area contributed by atoms with Gasteiger partial charge in [-0.3, -0.25) is 4.79 Å². The fraction of sp³-hybridized carbons (Fsp3) is 0.350. The molecule has 2 rings (SSSR count). The molecule has 1 amide bonds. The van der Waals surface area contributed by atoms with Crippen molar-refractivity contribution >= 4 is 17.3 Å². The number of anilines is 2. The number of ether oxygens (including phenoxy) is 1. The van der Waals surface area contributed by atoms with Crippen molar-refractivity contribution in [1.82, 2.24) is 0 Å². The second kappa shape index (κ2) is 7.86. The fourth-order valence-corrected chi connectivity index (χ4v) is 2.59. The predicted octanol–water partition coefficient (Wildman–Crippen LogP) is 4.24. The number of para-hydroxylation sites is 1. The van der Waals surface area contributed by atoms with Crippen LogP contribution < -0.4 is 15.8 Å². The van der Waals surface area contributed by atoms with Crippen LogP contribution in [0.5, 0.6) is 5.75 Å². The summed E-state index contributed by atoms with van der Waals surface area (Å²) < 4.78 is 5.63. The molecule has 24 heavy (non-hydrogen) atoms. The second-order valence-corrected chi connectivity index (χ2v) is 6.35. The van der Waals surface area contributed by atoms with Gasteiger partial charge in [0.2, 0.25) is 5.91 Å². The highest BCUT2D eigenvalue weighted by molar-refractivity contribution is 5.92. The lowest BCUT2D eigenvalue weighted by Gasteiger charge is -2.13. The Hall–Kier alpha value is -2.49. The summed E-state index contributed by atoms with van der Waals surface area (Å²) >= 11 is 0. The number of benzene rings is 2. The van der Waals surface area contributed by atoms with Gasteiger partial charge in [-0.25, -0.2) is 0 Å². The Balaban J connectivity index is 1.96. The van der Waals surface area contributed by atoms with Gasteiger partial charge in [0.1, 0.15) is 5.75 Å². The molecule has 0 aliphatic heterocycles. The summed E-state index contributed by atoms with van der Waals surface area (Å²) in [5.74, 6) is 0.696. The van der Waals surface area contributed by atoms with Crippen LogP contribution >= 0.6 is 0 Å². The van der Waals surface area contributed by atoms with E-state index in [0.29, 0.717) is 24.3 Å². The number of rotatable bonds is 6. The van der Waals surface area contributed by atoms with E-state index < -0.39 is 0 Å². The molecule has 0 aliphatic carbocycles. The molecular formula is C20H26N2O2. The first-order valence-electron chi connectivity index (χ1n) is 8.28. The third-order valence-electron chi connectivity index (χ3n) is 3.82. The molecule has 0 saturated carbocycles. The Kier molecular flexibility index (Phi) is 5.85. The van der Waals surface area contributed by atoms with E-state index in [1.165, 1.54) is 0 Å². The first-order chi connectivity index (χ1) is 11.4. The Morgan fingerprint density at radius 3 is 2.42 bits per heavy atom. The van der Waals surface area contributed by atoms with Crippen LogP contribution in [-0.4, -0.2) is 12.0 Å². The standard InChI is InChI=1S/C20H26N2O2/c1-13(2)24-18-10-8-16(12-17(18)21)9-11-19(23)22-20-14(3)6-5-7-15(20)4/h5-8,10,12-13H,9,11,21H2,1-4H3,(H,22,23). The molecule has 0 fully saturated rings. The van der Waals surface area contributed by atoms with Crippen LogP contribution in [0.15, 0.2) is 36.4 Å². The van der Waals surface area contributed by atoms with E-state index >= 15 is 0 Å². The minimum atomic E-state index is 0.00785. The molecule has 3 N–H and O–H groups in total. The van der Waals surface area contributed by atoms with Crippen molar-refractivity contribution in [3.05, 3.63) is 53.1 Å². The minimum Gasteiger partial charge on any atom is -0.489 e. The summed E-state index contributed by atoms with van der Waals surface area (Å²) in [6.45, 7) is 7.92. The van der Waals surface area contributed by atoms with Gasteiger partial charge in [-0.15, -0.1) is 0 Å². The van der Waals surface area contributed by atoms with Crippen LogP contribution in [0.2, 0.25) is 0 Å². The third kappa shape index (κ3) is 4.75. The number of carbonyl (C=O) groups is 1. The van der Waals surface area contributed by atoms with Gasteiger partial charge in [0, 0.05) is 12.1 Å². The van der Waals surface area contributed by atoms with Crippen LogP contribution in [0.25, 0.3) is 0 Å². The molecule has 128 valence electrons. The third-order valence-corrected chi connectivity index (χ3v) is 3.82. The molecule has 2 aromatic rings. The molecule has 0 spiro atoms. The van der Waals surface area contributed by atoms with Crippen LogP contribution in [-0.2, 0) is 11.2 Å². The molecule has 0 bridgehead atoms. The zero-order valence-corrected chi connectivity index (χ0v) is 14.8. The summed E-state index contributed by atoms with van der Waals surface area (Å²) in [5, 5.41) is 3.01. The first kappa shape index (κ1) is 17.9. The summed E-state index contributed by atoms with van der Waals surface area (Å²) in [6, 6.07) is 11.7. The average Bonchev–Trinajstić information content (AvgIpc) is 2.51. The summed E-state index contributed by atoms with van der Waals surface area (Å²) in [7, 11) is 0. The topological polar surface area (TPSA) is 64.3 Å². The van der Waals surface area contributed by atoms with E-state index in [2.05, 4.69) is 5.32 Å². The zero-order chi connectivity index (χ0) is 17.7. The highest BCUT2D eigenvalue weighted by Crippen LogP contribution is 2.24. The van der Waals surface area contributed by atoms with Crippen molar-refractivity contribution in [2.24, 2.45) is 0 Å². The summed E-state index contributed by atoms with van der Waals surface area (Å²) in [6.07, 6.45) is 1.14. The van der Waals surface area contributed by atoms with Gasteiger partial charge in [-0.2, -0.15) is 0 Å². The number of amides is 1. The van der Waals surface area contributed by atoms with Gasteiger partial charge < -0.3 is 15.8 Å². The minimum absolute atomic E-state index is 0.00785. The van der Waals surface area contributed by atoms with Gasteiger partial charge >= 0.3 is 0 Å². The lowest BCUT2D eigenvalue weighted by atomic mass is 10.1. The number of nitrogens with one attached hydrogen (secondary N) is 1. The van der Waals surface area contributed by atoms with Crippen molar-refractivity contribution < 1.29 is 9.53 Å². The van der Waals surface area contributed by atoms with Gasteiger partial charge in [0.15, 0.2) is 0 Å². The first-order valence-corrected chi connectivity index (χ1v) is 8.28. The van der Waals surface area contributed by atoms with E-state index in [9.17, 15) is 4.79 Å². The van der Waals surface area contributed by atoms with Crippen LogP contribution in [0.1, 0.15) is 37.0 Å². The van der Waals surface area contributed by atoms with Crippen LogP contribution in [0.3, 0.4) is 0 Å². The average molecular weight is 326 g/mol. The monoisotopic (exact) mass is 326 g/mol. The number of carbonyl (C=O) groups excluding carboxylic acids is 1. The number of nitrogens with two attached hydrogens (primary N) is 1. The number of nitrogen functional groups attached to an aromatic ring is 1. The Morgan fingerprint density at radius 2 is 1.83 bits per heavy atom. The van der Waals surface area contributed by atoms with Gasteiger partial charge in [-0.1, -0.05) is 24.3 Å².